The molecule has 4 rings (SSSR count). The molecule has 182 valence electrons. The molecule has 1 aromatic rings. The summed E-state index contributed by atoms with van der Waals surface area (Å²) in [5.74, 6) is -0.0965. The Morgan fingerprint density at radius 1 is 1.30 bits per heavy atom. The van der Waals surface area contributed by atoms with Crippen LogP contribution in [-0.2, 0) is 26.2 Å². The number of amides is 1. The summed E-state index contributed by atoms with van der Waals surface area (Å²) in [6.07, 6.45) is 4.70. The lowest BCUT2D eigenvalue weighted by atomic mass is 9.69. The highest BCUT2D eigenvalue weighted by Crippen LogP contribution is 2.70. The van der Waals surface area contributed by atoms with E-state index in [1.807, 2.05) is 24.3 Å². The first-order valence-corrected chi connectivity index (χ1v) is 13.3. The second kappa shape index (κ2) is 8.71. The quantitative estimate of drug-likeness (QED) is 0.457. The maximum absolute atomic E-state index is 13.3. The van der Waals surface area contributed by atoms with E-state index < -0.39 is 28.0 Å². The van der Waals surface area contributed by atoms with Gasteiger partial charge in [0.1, 0.15) is 5.75 Å². The summed E-state index contributed by atoms with van der Waals surface area (Å²) in [5, 5.41) is 10.6. The second-order valence-electron chi connectivity index (χ2n) is 10.3. The van der Waals surface area contributed by atoms with Crippen molar-refractivity contribution in [1.82, 2.24) is 4.31 Å². The summed E-state index contributed by atoms with van der Waals surface area (Å²) < 4.78 is 38.0. The summed E-state index contributed by atoms with van der Waals surface area (Å²) in [6, 6.07) is 7.27. The Hall–Kier alpha value is -1.90. The zero-order valence-corrected chi connectivity index (χ0v) is 20.7. The van der Waals surface area contributed by atoms with Gasteiger partial charge >= 0.3 is 0 Å². The number of aliphatic hydroxyl groups excluding tert-OH is 1. The van der Waals surface area contributed by atoms with E-state index >= 15 is 0 Å². The minimum absolute atomic E-state index is 0.0394. The number of carbonyl (C=O) groups is 1. The van der Waals surface area contributed by atoms with E-state index in [4.69, 9.17) is 9.47 Å². The fraction of sp³-hybridized carbons (Fsp3) is 0.640. The largest absolute Gasteiger partial charge is 0.497 e. The minimum atomic E-state index is -3.69. The van der Waals surface area contributed by atoms with Crippen LogP contribution >= 0.6 is 0 Å². The molecule has 2 aliphatic carbocycles. The van der Waals surface area contributed by atoms with E-state index in [2.05, 4.69) is 13.8 Å². The Labute approximate surface area is 196 Å². The number of rotatable bonds is 8. The van der Waals surface area contributed by atoms with E-state index in [1.165, 1.54) is 6.08 Å². The average molecular weight is 478 g/mol. The predicted molar refractivity (Wildman–Crippen MR) is 125 cm³/mol. The van der Waals surface area contributed by atoms with Gasteiger partial charge in [0, 0.05) is 5.41 Å². The molecule has 5 atom stereocenters. The van der Waals surface area contributed by atoms with Crippen LogP contribution in [0, 0.1) is 22.7 Å². The zero-order chi connectivity index (χ0) is 24.0. The molecule has 1 heterocycles. The molecule has 2 saturated carbocycles. The van der Waals surface area contributed by atoms with Crippen molar-refractivity contribution in [1.29, 1.82) is 0 Å². The van der Waals surface area contributed by atoms with Crippen molar-refractivity contribution in [2.45, 2.75) is 58.8 Å². The van der Waals surface area contributed by atoms with Crippen LogP contribution in [0.25, 0.3) is 0 Å². The fourth-order valence-corrected chi connectivity index (χ4v) is 8.87. The lowest BCUT2D eigenvalue weighted by Gasteiger charge is -2.37. The van der Waals surface area contributed by atoms with Gasteiger partial charge in [0.05, 0.1) is 44.1 Å². The number of hydrogen-bond donors (Lipinski definition) is 1. The normalized spacial score (nSPS) is 31.0. The SMILES string of the molecule is COc1ccc(COC/C=C/[C@@H](O)[C@H](C)C(=O)N2[C@H]3C[C@@H]4CC[C@@]3(CS2(=O)=O)C4(C)C)cc1. The molecule has 1 amide bonds. The van der Waals surface area contributed by atoms with E-state index in [0.29, 0.717) is 12.5 Å². The van der Waals surface area contributed by atoms with Crippen molar-refractivity contribution in [3.05, 3.63) is 42.0 Å². The predicted octanol–water partition coefficient (Wildman–Crippen LogP) is 3.13. The van der Waals surface area contributed by atoms with Crippen LogP contribution in [0.1, 0.15) is 45.6 Å². The Morgan fingerprint density at radius 3 is 2.64 bits per heavy atom. The lowest BCUT2D eigenvalue weighted by Crippen LogP contribution is -2.47. The van der Waals surface area contributed by atoms with Crippen molar-refractivity contribution in [3.63, 3.8) is 0 Å². The van der Waals surface area contributed by atoms with Crippen LogP contribution in [0.5, 0.6) is 5.75 Å². The van der Waals surface area contributed by atoms with Gasteiger partial charge in [0.2, 0.25) is 15.9 Å². The monoisotopic (exact) mass is 477 g/mol. The van der Waals surface area contributed by atoms with E-state index in [1.54, 1.807) is 20.1 Å². The summed E-state index contributed by atoms with van der Waals surface area (Å²) in [7, 11) is -2.07. The summed E-state index contributed by atoms with van der Waals surface area (Å²) >= 11 is 0. The highest BCUT2D eigenvalue weighted by molar-refractivity contribution is 7.90. The number of sulfonamides is 1. The molecule has 2 bridgehead atoms. The van der Waals surface area contributed by atoms with Crippen LogP contribution < -0.4 is 4.74 Å². The maximum Gasteiger partial charge on any atom is 0.242 e. The summed E-state index contributed by atoms with van der Waals surface area (Å²) in [6.45, 7) is 6.58. The molecule has 1 N–H and O–H groups in total. The van der Waals surface area contributed by atoms with Crippen LogP contribution in [0.2, 0.25) is 0 Å². The number of carbonyl (C=O) groups excluding carboxylic acids is 1. The van der Waals surface area contributed by atoms with Gasteiger partial charge in [0.15, 0.2) is 0 Å². The van der Waals surface area contributed by atoms with Crippen LogP contribution in [0.4, 0.5) is 0 Å². The third-order valence-corrected chi connectivity index (χ3v) is 10.4. The summed E-state index contributed by atoms with van der Waals surface area (Å²) in [4.78, 5) is 13.3. The first-order chi connectivity index (χ1) is 15.5. The molecule has 1 aliphatic heterocycles. The highest BCUT2D eigenvalue weighted by atomic mass is 32.2. The molecule has 8 heteroatoms. The number of methoxy groups -OCH3 is 1. The van der Waals surface area contributed by atoms with Gasteiger partial charge in [-0.25, -0.2) is 12.7 Å². The van der Waals surface area contributed by atoms with Crippen LogP contribution in [0.3, 0.4) is 0 Å². The number of benzene rings is 1. The van der Waals surface area contributed by atoms with Gasteiger partial charge < -0.3 is 14.6 Å². The molecule has 3 fully saturated rings. The molecule has 3 aliphatic rings. The third-order valence-electron chi connectivity index (χ3n) is 8.51. The van der Waals surface area contributed by atoms with Crippen molar-refractivity contribution in [3.8, 4) is 5.75 Å². The molecular weight excluding hydrogens is 442 g/mol. The highest BCUT2D eigenvalue weighted by Gasteiger charge is 2.72. The number of ether oxygens (including phenoxy) is 2. The number of nitrogens with zero attached hydrogens (tertiary/aromatic N) is 1. The van der Waals surface area contributed by atoms with Gasteiger partial charge in [-0.1, -0.05) is 45.1 Å². The smallest absolute Gasteiger partial charge is 0.242 e. The van der Waals surface area contributed by atoms with Crippen molar-refractivity contribution >= 4 is 15.9 Å². The Balaban J connectivity index is 1.34. The molecule has 0 unspecified atom stereocenters. The molecular formula is C25H35NO6S. The Morgan fingerprint density at radius 2 is 2.00 bits per heavy atom. The number of fused-ring (bicyclic) bond motifs is 1. The standard InChI is InChI=1S/C25H35NO6S/c1-17(21(27)6-5-13-32-15-18-7-9-20(31-4)10-8-18)23(28)26-22-14-19-11-12-25(22,24(19,2)3)16-33(26,29)30/h5-10,17,19,21-22,27H,11-16H2,1-4H3/b6-5+/t17-,19-,21+,22-,25-/m0/s1. The minimum Gasteiger partial charge on any atom is -0.497 e. The lowest BCUT2D eigenvalue weighted by molar-refractivity contribution is -0.135. The Kier molecular flexibility index (Phi) is 6.39. The second-order valence-corrected chi connectivity index (χ2v) is 12.2. The molecule has 1 saturated heterocycles. The van der Waals surface area contributed by atoms with Crippen LogP contribution in [0.15, 0.2) is 36.4 Å². The van der Waals surface area contributed by atoms with Gasteiger partial charge in [0.25, 0.3) is 0 Å². The topological polar surface area (TPSA) is 93.1 Å². The molecule has 0 aromatic heterocycles. The Bertz CT molecular complexity index is 1020. The van der Waals surface area contributed by atoms with Gasteiger partial charge in [-0.15, -0.1) is 0 Å². The van der Waals surface area contributed by atoms with E-state index in [0.717, 1.165) is 34.9 Å². The third kappa shape index (κ3) is 4.00. The number of hydrogen-bond acceptors (Lipinski definition) is 6. The van der Waals surface area contributed by atoms with E-state index in [-0.39, 0.29) is 29.2 Å². The number of aliphatic hydroxyl groups is 1. The van der Waals surface area contributed by atoms with Crippen LogP contribution in [-0.4, -0.2) is 55.4 Å². The first kappa shape index (κ1) is 24.2. The molecule has 1 aromatic carbocycles. The van der Waals surface area contributed by atoms with Crippen molar-refractivity contribution in [2.24, 2.45) is 22.7 Å². The fourth-order valence-electron chi connectivity index (χ4n) is 6.25. The first-order valence-electron chi connectivity index (χ1n) is 11.6. The molecule has 1 spiro atoms. The summed E-state index contributed by atoms with van der Waals surface area (Å²) in [5.41, 5.74) is 0.542. The van der Waals surface area contributed by atoms with Gasteiger partial charge in [-0.05, 0) is 48.3 Å². The maximum atomic E-state index is 13.3. The zero-order valence-electron chi connectivity index (χ0n) is 19.9. The molecule has 0 radical (unpaired) electrons. The molecule has 33 heavy (non-hydrogen) atoms. The average Bonchev–Trinajstić information content (AvgIpc) is 3.26. The van der Waals surface area contributed by atoms with Gasteiger partial charge in [-0.2, -0.15) is 0 Å². The van der Waals surface area contributed by atoms with Gasteiger partial charge in [-0.3, -0.25) is 4.79 Å². The van der Waals surface area contributed by atoms with E-state index in [9.17, 15) is 18.3 Å². The molecule has 7 nitrogen and oxygen atoms in total. The van der Waals surface area contributed by atoms with Crippen molar-refractivity contribution in [2.75, 3.05) is 19.5 Å². The van der Waals surface area contributed by atoms with Crippen molar-refractivity contribution < 1.29 is 27.8 Å².